The van der Waals surface area contributed by atoms with Crippen molar-refractivity contribution in [2.45, 2.75) is 52.5 Å². The average molecular weight is 274 g/mol. The van der Waals surface area contributed by atoms with E-state index in [1.165, 1.54) is 12.8 Å². The summed E-state index contributed by atoms with van der Waals surface area (Å²) in [7, 11) is 0. The highest BCUT2D eigenvalue weighted by molar-refractivity contribution is 6.35. The number of aryl methyl sites for hydroxylation is 1. The molecule has 0 unspecified atom stereocenters. The zero-order chi connectivity index (χ0) is 12.8. The number of benzene rings is 1. The predicted molar refractivity (Wildman–Crippen MR) is 78.4 cm³/mol. The Kier molecular flexibility index (Phi) is 6.15. The lowest BCUT2D eigenvalue weighted by molar-refractivity contribution is 0.586. The third kappa shape index (κ3) is 4.40. The molecule has 0 aliphatic heterocycles. The lowest BCUT2D eigenvalue weighted by Gasteiger charge is -2.20. The number of hydrogen-bond acceptors (Lipinski definition) is 1. The molecule has 0 fully saturated rings. The van der Waals surface area contributed by atoms with Crippen molar-refractivity contribution < 1.29 is 0 Å². The fourth-order valence-electron chi connectivity index (χ4n) is 1.96. The van der Waals surface area contributed by atoms with E-state index in [0.717, 1.165) is 34.1 Å². The quantitative estimate of drug-likeness (QED) is 0.703. The Morgan fingerprint density at radius 3 is 2.18 bits per heavy atom. The molecule has 0 aromatic heterocycles. The molecule has 96 valence electrons. The van der Waals surface area contributed by atoms with Crippen LogP contribution < -0.4 is 5.32 Å². The van der Waals surface area contributed by atoms with E-state index in [2.05, 4.69) is 19.2 Å². The van der Waals surface area contributed by atoms with Gasteiger partial charge in [0.1, 0.15) is 0 Å². The summed E-state index contributed by atoms with van der Waals surface area (Å²) in [6, 6.07) is 4.33. The van der Waals surface area contributed by atoms with Crippen molar-refractivity contribution in [3.8, 4) is 0 Å². The maximum absolute atomic E-state index is 6.22. The second-order valence-electron chi connectivity index (χ2n) is 4.50. The van der Waals surface area contributed by atoms with Crippen molar-refractivity contribution in [1.29, 1.82) is 0 Å². The van der Waals surface area contributed by atoms with Gasteiger partial charge in [0.15, 0.2) is 0 Å². The zero-order valence-corrected chi connectivity index (χ0v) is 12.3. The van der Waals surface area contributed by atoms with E-state index in [1.54, 1.807) is 0 Å². The molecule has 0 atom stereocenters. The summed E-state index contributed by atoms with van der Waals surface area (Å²) in [6.07, 6.45) is 4.68. The Balaban J connectivity index is 2.81. The second kappa shape index (κ2) is 7.13. The highest BCUT2D eigenvalue weighted by Gasteiger charge is 2.10. The smallest absolute Gasteiger partial charge is 0.0641 e. The van der Waals surface area contributed by atoms with Gasteiger partial charge in [0.05, 0.1) is 10.7 Å². The molecule has 0 radical (unpaired) electrons. The molecule has 1 aromatic rings. The molecule has 0 bridgehead atoms. The van der Waals surface area contributed by atoms with Crippen molar-refractivity contribution in [2.75, 3.05) is 5.32 Å². The summed E-state index contributed by atoms with van der Waals surface area (Å²) in [5.41, 5.74) is 1.97. The molecule has 0 aliphatic carbocycles. The van der Waals surface area contributed by atoms with E-state index >= 15 is 0 Å². The average Bonchev–Trinajstić information content (AvgIpc) is 2.26. The minimum atomic E-state index is 0.487. The summed E-state index contributed by atoms with van der Waals surface area (Å²) >= 11 is 12.3. The Bertz CT molecular complexity index is 357. The van der Waals surface area contributed by atoms with E-state index in [0.29, 0.717) is 6.04 Å². The second-order valence-corrected chi connectivity index (χ2v) is 5.31. The first-order valence-corrected chi connectivity index (χ1v) is 7.06. The van der Waals surface area contributed by atoms with Crippen LogP contribution in [-0.4, -0.2) is 6.04 Å². The lowest BCUT2D eigenvalue weighted by atomic mass is 10.1. The third-order valence-corrected chi connectivity index (χ3v) is 3.60. The van der Waals surface area contributed by atoms with Gasteiger partial charge in [-0.25, -0.2) is 0 Å². The van der Waals surface area contributed by atoms with E-state index in [-0.39, 0.29) is 0 Å². The maximum Gasteiger partial charge on any atom is 0.0641 e. The van der Waals surface area contributed by atoms with Crippen LogP contribution in [-0.2, 0) is 0 Å². The summed E-state index contributed by atoms with van der Waals surface area (Å²) in [6.45, 7) is 6.37. The Morgan fingerprint density at radius 2 is 1.65 bits per heavy atom. The normalized spacial score (nSPS) is 10.9. The van der Waals surface area contributed by atoms with Gasteiger partial charge in [-0.2, -0.15) is 0 Å². The fourth-order valence-corrected chi connectivity index (χ4v) is 2.40. The molecule has 0 saturated heterocycles. The first-order valence-electron chi connectivity index (χ1n) is 6.30. The molecule has 3 heteroatoms. The van der Waals surface area contributed by atoms with Crippen LogP contribution in [0.1, 0.15) is 45.1 Å². The molecule has 0 amide bonds. The summed E-state index contributed by atoms with van der Waals surface area (Å²) in [4.78, 5) is 0. The van der Waals surface area contributed by atoms with Gasteiger partial charge < -0.3 is 5.32 Å². The standard InChI is InChI=1S/C14H21Cl2N/c1-4-6-11(7-5-2)17-14-9-12(15)10(3)8-13(14)16/h8-9,11,17H,4-7H2,1-3H3. The minimum absolute atomic E-state index is 0.487. The van der Waals surface area contributed by atoms with Gasteiger partial charge in [0.25, 0.3) is 0 Å². The van der Waals surface area contributed by atoms with Gasteiger partial charge in [-0.3, -0.25) is 0 Å². The Morgan fingerprint density at radius 1 is 1.06 bits per heavy atom. The van der Waals surface area contributed by atoms with E-state index in [9.17, 15) is 0 Å². The SMILES string of the molecule is CCCC(CCC)Nc1cc(Cl)c(C)cc1Cl. The molecule has 1 N–H and O–H groups in total. The van der Waals surface area contributed by atoms with Crippen LogP contribution in [0.5, 0.6) is 0 Å². The largest absolute Gasteiger partial charge is 0.381 e. The molecule has 0 aliphatic rings. The molecule has 1 nitrogen and oxygen atoms in total. The molecule has 1 aromatic carbocycles. The van der Waals surface area contributed by atoms with Crippen LogP contribution in [0.3, 0.4) is 0 Å². The van der Waals surface area contributed by atoms with Crippen molar-refractivity contribution in [3.05, 3.63) is 27.7 Å². The van der Waals surface area contributed by atoms with Gasteiger partial charge in [0, 0.05) is 11.1 Å². The number of nitrogens with one attached hydrogen (secondary N) is 1. The monoisotopic (exact) mass is 273 g/mol. The topological polar surface area (TPSA) is 12.0 Å². The van der Waals surface area contributed by atoms with Crippen molar-refractivity contribution in [3.63, 3.8) is 0 Å². The number of hydrogen-bond donors (Lipinski definition) is 1. The number of rotatable bonds is 6. The van der Waals surface area contributed by atoms with Gasteiger partial charge in [-0.1, -0.05) is 49.9 Å². The summed E-state index contributed by atoms with van der Waals surface area (Å²) < 4.78 is 0. The van der Waals surface area contributed by atoms with Crippen LogP contribution in [0, 0.1) is 6.92 Å². The number of halogens is 2. The molecular formula is C14H21Cl2N. The third-order valence-electron chi connectivity index (χ3n) is 2.88. The van der Waals surface area contributed by atoms with E-state index in [1.807, 2.05) is 19.1 Å². The van der Waals surface area contributed by atoms with Crippen molar-refractivity contribution in [1.82, 2.24) is 0 Å². The molecule has 1 rings (SSSR count). The summed E-state index contributed by atoms with van der Waals surface area (Å²) in [5.74, 6) is 0. The highest BCUT2D eigenvalue weighted by Crippen LogP contribution is 2.30. The molecule has 0 saturated carbocycles. The van der Waals surface area contributed by atoms with Crippen LogP contribution in [0.4, 0.5) is 5.69 Å². The molecule has 17 heavy (non-hydrogen) atoms. The van der Waals surface area contributed by atoms with Crippen LogP contribution in [0.25, 0.3) is 0 Å². The minimum Gasteiger partial charge on any atom is -0.381 e. The summed E-state index contributed by atoms with van der Waals surface area (Å²) in [5, 5.41) is 5.02. The molecule has 0 spiro atoms. The lowest BCUT2D eigenvalue weighted by Crippen LogP contribution is -2.19. The van der Waals surface area contributed by atoms with Crippen LogP contribution in [0.2, 0.25) is 10.0 Å². The van der Waals surface area contributed by atoms with Crippen LogP contribution in [0.15, 0.2) is 12.1 Å². The first-order chi connectivity index (χ1) is 8.08. The highest BCUT2D eigenvalue weighted by atomic mass is 35.5. The fraction of sp³-hybridized carbons (Fsp3) is 0.571. The number of anilines is 1. The van der Waals surface area contributed by atoms with Gasteiger partial charge in [-0.15, -0.1) is 0 Å². The maximum atomic E-state index is 6.22. The van der Waals surface area contributed by atoms with Gasteiger partial charge in [0.2, 0.25) is 0 Å². The first kappa shape index (κ1) is 14.7. The van der Waals surface area contributed by atoms with Crippen molar-refractivity contribution >= 4 is 28.9 Å². The zero-order valence-electron chi connectivity index (χ0n) is 10.8. The van der Waals surface area contributed by atoms with E-state index < -0.39 is 0 Å². The van der Waals surface area contributed by atoms with Gasteiger partial charge >= 0.3 is 0 Å². The Hall–Kier alpha value is -0.400. The Labute approximate surface area is 115 Å². The predicted octanol–water partition coefficient (Wildman–Crippen LogP) is 5.68. The van der Waals surface area contributed by atoms with E-state index in [4.69, 9.17) is 23.2 Å². The molecular weight excluding hydrogens is 253 g/mol. The van der Waals surface area contributed by atoms with Crippen molar-refractivity contribution in [2.24, 2.45) is 0 Å². The molecule has 0 heterocycles. The van der Waals surface area contributed by atoms with Gasteiger partial charge in [-0.05, 0) is 37.5 Å². The van der Waals surface area contributed by atoms with Crippen LogP contribution >= 0.6 is 23.2 Å².